The molecule has 1 unspecified atom stereocenters. The first kappa shape index (κ1) is 24.7. The fourth-order valence-corrected chi connectivity index (χ4v) is 4.63. The van der Waals surface area contributed by atoms with Gasteiger partial charge in [0.1, 0.15) is 0 Å². The average molecular weight is 511 g/mol. The van der Waals surface area contributed by atoms with E-state index in [-0.39, 0.29) is 30.6 Å². The minimum absolute atomic E-state index is 0.0226. The molecular formula is C26H24Cl2N4O3. The molecule has 0 aromatic heterocycles. The Balaban J connectivity index is 1.81. The summed E-state index contributed by atoms with van der Waals surface area (Å²) in [5.41, 5.74) is 8.10. The molecule has 0 spiro atoms. The van der Waals surface area contributed by atoms with Crippen LogP contribution in [0.5, 0.6) is 0 Å². The number of amides is 3. The van der Waals surface area contributed by atoms with Crippen molar-refractivity contribution in [3.05, 3.63) is 93.5 Å². The summed E-state index contributed by atoms with van der Waals surface area (Å²) < 4.78 is 0. The van der Waals surface area contributed by atoms with Gasteiger partial charge in [-0.1, -0.05) is 59.6 Å². The maximum absolute atomic E-state index is 13.7. The molecule has 7 nitrogen and oxygen atoms in total. The molecule has 0 aliphatic carbocycles. The van der Waals surface area contributed by atoms with Gasteiger partial charge in [-0.2, -0.15) is 0 Å². The first-order valence-corrected chi connectivity index (χ1v) is 11.9. The summed E-state index contributed by atoms with van der Waals surface area (Å²) in [7, 11) is 0. The smallest absolute Gasteiger partial charge is 0.251 e. The van der Waals surface area contributed by atoms with E-state index < -0.39 is 6.04 Å². The Labute approximate surface area is 213 Å². The van der Waals surface area contributed by atoms with Gasteiger partial charge in [0.05, 0.1) is 30.3 Å². The highest BCUT2D eigenvalue weighted by atomic mass is 35.5. The summed E-state index contributed by atoms with van der Waals surface area (Å²) >= 11 is 12.6. The molecule has 3 amide bonds. The van der Waals surface area contributed by atoms with Crippen LogP contribution < -0.4 is 21.3 Å². The Kier molecular flexibility index (Phi) is 7.70. The number of halogens is 2. The van der Waals surface area contributed by atoms with Gasteiger partial charge < -0.3 is 21.3 Å². The van der Waals surface area contributed by atoms with Crippen molar-refractivity contribution in [2.45, 2.75) is 18.9 Å². The summed E-state index contributed by atoms with van der Waals surface area (Å²) in [5.74, 6) is -0.849. The highest BCUT2D eigenvalue weighted by Gasteiger charge is 2.35. The first-order valence-electron chi connectivity index (χ1n) is 11.1. The third-order valence-corrected chi connectivity index (χ3v) is 6.26. The van der Waals surface area contributed by atoms with Crippen molar-refractivity contribution >= 4 is 52.3 Å². The van der Waals surface area contributed by atoms with Crippen LogP contribution in [0.3, 0.4) is 0 Å². The lowest BCUT2D eigenvalue weighted by Gasteiger charge is -2.31. The summed E-state index contributed by atoms with van der Waals surface area (Å²) in [4.78, 5) is 40.8. The van der Waals surface area contributed by atoms with Crippen molar-refractivity contribution < 1.29 is 14.4 Å². The molecular weight excluding hydrogens is 487 g/mol. The van der Waals surface area contributed by atoms with E-state index in [0.29, 0.717) is 45.6 Å². The molecule has 180 valence electrons. The van der Waals surface area contributed by atoms with Gasteiger partial charge in [-0.05, 0) is 41.5 Å². The normalized spacial score (nSPS) is 15.1. The summed E-state index contributed by atoms with van der Waals surface area (Å²) in [6.07, 6.45) is 0.0974. The van der Waals surface area contributed by atoms with E-state index in [1.165, 1.54) is 0 Å². The number of nitrogens with one attached hydrogen (secondary N) is 2. The molecule has 1 aliphatic heterocycles. The van der Waals surface area contributed by atoms with E-state index in [0.717, 1.165) is 5.56 Å². The zero-order valence-electron chi connectivity index (χ0n) is 18.8. The van der Waals surface area contributed by atoms with Crippen molar-refractivity contribution in [3.8, 4) is 0 Å². The molecule has 0 fully saturated rings. The standard InChI is InChI=1S/C26H24Cl2N4O3/c27-18-7-8-19(20(28)14-18)23-15-24(33)31-21-13-17(26(35)30-11-10-29)6-9-22(21)32(23)25(34)12-16-4-2-1-3-5-16/h1-9,13-14,23H,10-12,15,29H2,(H,30,35)(H,31,33). The quantitative estimate of drug-likeness (QED) is 0.458. The van der Waals surface area contributed by atoms with Crippen molar-refractivity contribution in [2.75, 3.05) is 23.3 Å². The molecule has 3 aromatic rings. The number of fused-ring (bicyclic) bond motifs is 1. The summed E-state index contributed by atoms with van der Waals surface area (Å²) in [5, 5.41) is 6.36. The third-order valence-electron chi connectivity index (χ3n) is 5.70. The van der Waals surface area contributed by atoms with Gasteiger partial charge in [-0.25, -0.2) is 0 Å². The lowest BCUT2D eigenvalue weighted by molar-refractivity contribution is -0.119. The van der Waals surface area contributed by atoms with Crippen LogP contribution >= 0.6 is 23.2 Å². The molecule has 4 rings (SSSR count). The Morgan fingerprint density at radius 3 is 2.54 bits per heavy atom. The minimum atomic E-state index is -0.672. The van der Waals surface area contributed by atoms with Crippen molar-refractivity contribution in [1.82, 2.24) is 5.32 Å². The monoisotopic (exact) mass is 510 g/mol. The Morgan fingerprint density at radius 2 is 1.83 bits per heavy atom. The van der Waals surface area contributed by atoms with Crippen LogP contribution in [0.1, 0.15) is 33.9 Å². The fourth-order valence-electron chi connectivity index (χ4n) is 4.10. The molecule has 1 aliphatic rings. The number of nitrogens with zero attached hydrogens (tertiary/aromatic N) is 1. The van der Waals surface area contributed by atoms with Gasteiger partial charge in [0.25, 0.3) is 5.91 Å². The van der Waals surface area contributed by atoms with Crippen molar-refractivity contribution in [3.63, 3.8) is 0 Å². The maximum Gasteiger partial charge on any atom is 0.251 e. The molecule has 0 bridgehead atoms. The van der Waals surface area contributed by atoms with Crippen LogP contribution in [-0.2, 0) is 16.0 Å². The zero-order chi connectivity index (χ0) is 24.9. The summed E-state index contributed by atoms with van der Waals surface area (Å²) in [6.45, 7) is 0.625. The highest BCUT2D eigenvalue weighted by molar-refractivity contribution is 6.35. The molecule has 0 saturated carbocycles. The highest BCUT2D eigenvalue weighted by Crippen LogP contribution is 2.41. The third kappa shape index (κ3) is 5.65. The number of rotatable bonds is 6. The average Bonchev–Trinajstić information content (AvgIpc) is 2.98. The van der Waals surface area contributed by atoms with E-state index in [9.17, 15) is 14.4 Å². The summed E-state index contributed by atoms with van der Waals surface area (Å²) in [6, 6.07) is 18.5. The largest absolute Gasteiger partial charge is 0.351 e. The van der Waals surface area contributed by atoms with E-state index >= 15 is 0 Å². The van der Waals surface area contributed by atoms with Crippen LogP contribution in [0.25, 0.3) is 0 Å². The van der Waals surface area contributed by atoms with Crippen LogP contribution in [0.4, 0.5) is 11.4 Å². The van der Waals surface area contributed by atoms with Gasteiger partial charge in [0.2, 0.25) is 11.8 Å². The molecule has 1 atom stereocenters. The van der Waals surface area contributed by atoms with E-state index in [2.05, 4.69) is 10.6 Å². The topological polar surface area (TPSA) is 105 Å². The molecule has 9 heteroatoms. The van der Waals surface area contributed by atoms with E-state index in [1.807, 2.05) is 30.3 Å². The van der Waals surface area contributed by atoms with Crippen LogP contribution in [0.15, 0.2) is 66.7 Å². The van der Waals surface area contributed by atoms with Crippen molar-refractivity contribution in [2.24, 2.45) is 5.73 Å². The number of anilines is 2. The second kappa shape index (κ2) is 10.9. The second-order valence-electron chi connectivity index (χ2n) is 8.14. The van der Waals surface area contributed by atoms with Gasteiger partial charge in [0.15, 0.2) is 0 Å². The van der Waals surface area contributed by atoms with Gasteiger partial charge in [-0.15, -0.1) is 0 Å². The number of nitrogens with two attached hydrogens (primary N) is 1. The van der Waals surface area contributed by atoms with Crippen LogP contribution in [0, 0.1) is 0 Å². The molecule has 1 heterocycles. The SMILES string of the molecule is NCCNC(=O)c1ccc2c(c1)NC(=O)CC(c1ccc(Cl)cc1Cl)N2C(=O)Cc1ccccc1. The number of hydrogen-bond acceptors (Lipinski definition) is 4. The Bertz CT molecular complexity index is 1270. The molecule has 3 aromatic carbocycles. The number of carbonyl (C=O) groups excluding carboxylic acids is 3. The lowest BCUT2D eigenvalue weighted by Crippen LogP contribution is -2.36. The predicted molar refractivity (Wildman–Crippen MR) is 138 cm³/mol. The van der Waals surface area contributed by atoms with Gasteiger partial charge >= 0.3 is 0 Å². The minimum Gasteiger partial charge on any atom is -0.351 e. The number of benzene rings is 3. The van der Waals surface area contributed by atoms with E-state index in [1.54, 1.807) is 41.3 Å². The predicted octanol–water partition coefficient (Wildman–Crippen LogP) is 4.34. The zero-order valence-corrected chi connectivity index (χ0v) is 20.3. The van der Waals surface area contributed by atoms with Crippen LogP contribution in [-0.4, -0.2) is 30.8 Å². The Hall–Kier alpha value is -3.39. The molecule has 4 N–H and O–H groups in total. The Morgan fingerprint density at radius 1 is 1.06 bits per heavy atom. The first-order chi connectivity index (χ1) is 16.9. The number of carbonyl (C=O) groups is 3. The molecule has 0 saturated heterocycles. The van der Waals surface area contributed by atoms with Crippen molar-refractivity contribution in [1.29, 1.82) is 0 Å². The second-order valence-corrected chi connectivity index (χ2v) is 8.98. The molecule has 35 heavy (non-hydrogen) atoms. The van der Waals surface area contributed by atoms with Gasteiger partial charge in [0, 0.05) is 28.7 Å². The molecule has 0 radical (unpaired) electrons. The fraction of sp³-hybridized carbons (Fsp3) is 0.192. The maximum atomic E-state index is 13.7. The van der Waals surface area contributed by atoms with Gasteiger partial charge in [-0.3, -0.25) is 14.4 Å². The van der Waals surface area contributed by atoms with Crippen LogP contribution in [0.2, 0.25) is 10.0 Å². The van der Waals surface area contributed by atoms with E-state index in [4.69, 9.17) is 28.9 Å². The number of hydrogen-bond donors (Lipinski definition) is 3. The lowest BCUT2D eigenvalue weighted by atomic mass is 9.99.